The smallest absolute Gasteiger partial charge is 0.256 e. The van der Waals surface area contributed by atoms with Crippen molar-refractivity contribution < 1.29 is 0 Å². The van der Waals surface area contributed by atoms with Gasteiger partial charge in [0.05, 0.1) is 5.69 Å². The highest BCUT2D eigenvalue weighted by Crippen LogP contribution is 2.39. The van der Waals surface area contributed by atoms with E-state index in [1.165, 1.54) is 22.3 Å². The summed E-state index contributed by atoms with van der Waals surface area (Å²) in [4.78, 5) is 15.3. The van der Waals surface area contributed by atoms with Gasteiger partial charge >= 0.3 is 0 Å². The Balaban J connectivity index is 0.000000693. The van der Waals surface area contributed by atoms with Crippen molar-refractivity contribution >= 4 is 10.8 Å². The number of aromatic amines is 1. The Morgan fingerprint density at radius 2 is 1.68 bits per heavy atom. The molecule has 3 aromatic rings. The molecule has 112 valence electrons. The summed E-state index contributed by atoms with van der Waals surface area (Å²) in [6.07, 6.45) is 1.95. The van der Waals surface area contributed by atoms with Crippen LogP contribution in [0.1, 0.15) is 37.5 Å². The maximum Gasteiger partial charge on any atom is 0.256 e. The van der Waals surface area contributed by atoms with E-state index >= 15 is 0 Å². The van der Waals surface area contributed by atoms with Crippen LogP contribution in [0.5, 0.6) is 0 Å². The quantitative estimate of drug-likeness (QED) is 0.542. The number of pyridine rings is 1. The minimum atomic E-state index is 0.00843. The molecule has 22 heavy (non-hydrogen) atoms. The lowest BCUT2D eigenvalue weighted by Crippen LogP contribution is -2.08. The van der Waals surface area contributed by atoms with Crippen molar-refractivity contribution in [2.75, 3.05) is 0 Å². The van der Waals surface area contributed by atoms with Crippen LogP contribution in [0, 0.1) is 0 Å². The highest BCUT2D eigenvalue weighted by Gasteiger charge is 2.23. The lowest BCUT2D eigenvalue weighted by Gasteiger charge is -2.05. The van der Waals surface area contributed by atoms with Crippen LogP contribution in [0.15, 0.2) is 47.3 Å². The van der Waals surface area contributed by atoms with E-state index in [1.807, 2.05) is 32.0 Å². The predicted molar refractivity (Wildman–Crippen MR) is 93.5 cm³/mol. The van der Waals surface area contributed by atoms with E-state index in [0.29, 0.717) is 0 Å². The molecular weight excluding hydrogens is 270 g/mol. The first kappa shape index (κ1) is 14.6. The predicted octanol–water partition coefficient (Wildman–Crippen LogP) is 4.69. The van der Waals surface area contributed by atoms with Gasteiger partial charge < -0.3 is 4.98 Å². The van der Waals surface area contributed by atoms with E-state index in [2.05, 4.69) is 36.2 Å². The number of hydrogen-bond acceptors (Lipinski definition) is 1. The van der Waals surface area contributed by atoms with E-state index in [1.54, 1.807) is 0 Å². The molecule has 2 heteroatoms. The SMILES string of the molecule is CC.CCc1cccc2c1Cc1c-2[nH]c(=O)c2ccccc12. The zero-order valence-electron chi connectivity index (χ0n) is 13.4. The number of fused-ring (bicyclic) bond motifs is 5. The van der Waals surface area contributed by atoms with E-state index in [4.69, 9.17) is 0 Å². The molecule has 0 saturated carbocycles. The molecule has 1 heterocycles. The molecule has 1 N–H and O–H groups in total. The van der Waals surface area contributed by atoms with Gasteiger partial charge in [-0.1, -0.05) is 57.2 Å². The topological polar surface area (TPSA) is 32.9 Å². The van der Waals surface area contributed by atoms with Gasteiger partial charge in [-0.25, -0.2) is 0 Å². The molecule has 0 fully saturated rings. The Labute approximate surface area is 130 Å². The normalized spacial score (nSPS) is 11.6. The molecule has 1 aliphatic carbocycles. The van der Waals surface area contributed by atoms with Crippen molar-refractivity contribution in [3.8, 4) is 11.3 Å². The highest BCUT2D eigenvalue weighted by molar-refractivity contribution is 5.93. The van der Waals surface area contributed by atoms with E-state index < -0.39 is 0 Å². The zero-order valence-corrected chi connectivity index (χ0v) is 13.4. The van der Waals surface area contributed by atoms with E-state index in [-0.39, 0.29) is 5.56 Å². The Morgan fingerprint density at radius 1 is 0.955 bits per heavy atom. The van der Waals surface area contributed by atoms with Gasteiger partial charge in [0.2, 0.25) is 0 Å². The standard InChI is InChI=1S/C18H15NO.C2H6/c1-2-11-6-5-9-13-15(11)10-16-12-7-3-4-8-14(12)18(20)19-17(13)16;1-2/h3-9H,2,10H2,1H3,(H,19,20);1-2H3. The summed E-state index contributed by atoms with van der Waals surface area (Å²) in [6, 6.07) is 14.3. The first-order valence-corrected chi connectivity index (χ1v) is 8.04. The van der Waals surface area contributed by atoms with Crippen LogP contribution in [-0.4, -0.2) is 4.98 Å². The Bertz CT molecular complexity index is 890. The van der Waals surface area contributed by atoms with Crippen molar-refractivity contribution in [2.45, 2.75) is 33.6 Å². The molecule has 2 nitrogen and oxygen atoms in total. The van der Waals surface area contributed by atoms with Gasteiger partial charge in [0.25, 0.3) is 5.56 Å². The van der Waals surface area contributed by atoms with Crippen molar-refractivity contribution in [2.24, 2.45) is 0 Å². The zero-order chi connectivity index (χ0) is 15.7. The van der Waals surface area contributed by atoms with Gasteiger partial charge in [-0.2, -0.15) is 0 Å². The second kappa shape index (κ2) is 5.80. The summed E-state index contributed by atoms with van der Waals surface area (Å²) in [7, 11) is 0. The van der Waals surface area contributed by atoms with Crippen LogP contribution in [0.4, 0.5) is 0 Å². The van der Waals surface area contributed by atoms with Crippen LogP contribution in [-0.2, 0) is 12.8 Å². The van der Waals surface area contributed by atoms with Crippen LogP contribution in [0.3, 0.4) is 0 Å². The van der Waals surface area contributed by atoms with Crippen LogP contribution in [0.2, 0.25) is 0 Å². The summed E-state index contributed by atoms with van der Waals surface area (Å²) in [5.41, 5.74) is 6.23. The lowest BCUT2D eigenvalue weighted by molar-refractivity contribution is 1.09. The number of rotatable bonds is 1. The Morgan fingerprint density at radius 3 is 2.41 bits per heavy atom. The number of benzene rings is 2. The maximum atomic E-state index is 12.2. The first-order valence-electron chi connectivity index (χ1n) is 8.04. The molecule has 2 aromatic carbocycles. The molecule has 4 rings (SSSR count). The third-order valence-electron chi connectivity index (χ3n) is 4.31. The minimum absolute atomic E-state index is 0.00843. The summed E-state index contributed by atoms with van der Waals surface area (Å²) in [5.74, 6) is 0. The monoisotopic (exact) mass is 291 g/mol. The van der Waals surface area contributed by atoms with Gasteiger partial charge in [0, 0.05) is 17.4 Å². The van der Waals surface area contributed by atoms with Crippen molar-refractivity contribution in [3.05, 3.63) is 69.5 Å². The summed E-state index contributed by atoms with van der Waals surface area (Å²) < 4.78 is 0. The van der Waals surface area contributed by atoms with E-state index in [9.17, 15) is 4.79 Å². The molecule has 0 atom stereocenters. The average Bonchev–Trinajstić information content (AvgIpc) is 2.96. The molecule has 0 saturated heterocycles. The minimum Gasteiger partial charge on any atom is -0.321 e. The number of nitrogens with one attached hydrogen (secondary N) is 1. The average molecular weight is 291 g/mol. The third kappa shape index (κ3) is 2.07. The lowest BCUT2D eigenvalue weighted by atomic mass is 10.0. The van der Waals surface area contributed by atoms with Crippen LogP contribution >= 0.6 is 0 Å². The second-order valence-corrected chi connectivity index (χ2v) is 5.33. The molecule has 0 aliphatic heterocycles. The van der Waals surface area contributed by atoms with Crippen molar-refractivity contribution in [1.29, 1.82) is 0 Å². The summed E-state index contributed by atoms with van der Waals surface area (Å²) in [6.45, 7) is 6.18. The number of aryl methyl sites for hydroxylation is 1. The number of H-pyrrole nitrogens is 1. The molecule has 0 spiro atoms. The van der Waals surface area contributed by atoms with Crippen LogP contribution < -0.4 is 5.56 Å². The molecule has 0 unspecified atom stereocenters. The Kier molecular flexibility index (Phi) is 3.84. The van der Waals surface area contributed by atoms with Crippen molar-refractivity contribution in [1.82, 2.24) is 4.98 Å². The molecule has 1 aromatic heterocycles. The third-order valence-corrected chi connectivity index (χ3v) is 4.31. The number of hydrogen-bond donors (Lipinski definition) is 1. The van der Waals surface area contributed by atoms with Gasteiger partial charge in [-0.3, -0.25) is 4.79 Å². The molecule has 0 bridgehead atoms. The molecular formula is C20H21NO. The number of aromatic nitrogens is 1. The van der Waals surface area contributed by atoms with Gasteiger partial charge in [-0.05, 0) is 34.6 Å². The Hall–Kier alpha value is -2.35. The van der Waals surface area contributed by atoms with Gasteiger partial charge in [0.15, 0.2) is 0 Å². The van der Waals surface area contributed by atoms with Gasteiger partial charge in [-0.15, -0.1) is 0 Å². The highest BCUT2D eigenvalue weighted by atomic mass is 16.1. The van der Waals surface area contributed by atoms with Crippen LogP contribution in [0.25, 0.3) is 22.0 Å². The molecule has 0 radical (unpaired) electrons. The fraction of sp³-hybridized carbons (Fsp3) is 0.250. The fourth-order valence-electron chi connectivity index (χ4n) is 3.33. The summed E-state index contributed by atoms with van der Waals surface area (Å²) >= 11 is 0. The molecule has 1 aliphatic rings. The van der Waals surface area contributed by atoms with Crippen molar-refractivity contribution in [3.63, 3.8) is 0 Å². The maximum absolute atomic E-state index is 12.2. The van der Waals surface area contributed by atoms with Gasteiger partial charge in [0.1, 0.15) is 0 Å². The summed E-state index contributed by atoms with van der Waals surface area (Å²) in [5, 5.41) is 1.88. The first-order chi connectivity index (χ1) is 10.8. The largest absolute Gasteiger partial charge is 0.321 e. The fourth-order valence-corrected chi connectivity index (χ4v) is 3.33. The molecule has 0 amide bonds. The van der Waals surface area contributed by atoms with E-state index in [0.717, 1.165) is 29.3 Å². The second-order valence-electron chi connectivity index (χ2n) is 5.33.